The predicted octanol–water partition coefficient (Wildman–Crippen LogP) is 6.14. The topological polar surface area (TPSA) is 57.8 Å². The molecular weight excluding hydrogens is 457 g/mol. The zero-order valence-electron chi connectivity index (χ0n) is 16.3. The molecule has 1 N–H and O–H groups in total. The van der Waals surface area contributed by atoms with Gasteiger partial charge < -0.3 is 9.88 Å². The van der Waals surface area contributed by atoms with Crippen molar-refractivity contribution in [3.8, 4) is 6.07 Å². The molecule has 1 aromatic heterocycles. The molecule has 3 aromatic carbocycles. The van der Waals surface area contributed by atoms with Gasteiger partial charge in [0, 0.05) is 33.8 Å². The average molecular weight is 474 g/mol. The van der Waals surface area contributed by atoms with Crippen LogP contribution in [0.5, 0.6) is 0 Å². The smallest absolute Gasteiger partial charge is 0.266 e. The van der Waals surface area contributed by atoms with Gasteiger partial charge in [0.1, 0.15) is 17.5 Å². The maximum absolute atomic E-state index is 13.5. The van der Waals surface area contributed by atoms with Gasteiger partial charge in [0.25, 0.3) is 5.91 Å². The number of halogens is 2. The van der Waals surface area contributed by atoms with Crippen LogP contribution in [0.25, 0.3) is 17.0 Å². The summed E-state index contributed by atoms with van der Waals surface area (Å²) >= 11 is 3.36. The number of carbonyl (C=O) groups is 1. The molecule has 0 bridgehead atoms. The first-order chi connectivity index (χ1) is 15.0. The first-order valence-corrected chi connectivity index (χ1v) is 10.3. The normalized spacial score (nSPS) is 11.3. The first-order valence-electron chi connectivity index (χ1n) is 9.54. The van der Waals surface area contributed by atoms with Crippen molar-refractivity contribution in [1.82, 2.24) is 4.57 Å². The number of hydrogen-bond acceptors (Lipinski definition) is 2. The van der Waals surface area contributed by atoms with Crippen LogP contribution in [0.4, 0.5) is 10.1 Å². The van der Waals surface area contributed by atoms with E-state index in [1.165, 1.54) is 12.1 Å². The number of nitrogens with zero attached hydrogens (tertiary/aromatic N) is 2. The molecule has 4 aromatic rings. The minimum atomic E-state index is -0.468. The van der Waals surface area contributed by atoms with E-state index in [1.807, 2.05) is 53.2 Å². The lowest BCUT2D eigenvalue weighted by atomic mass is 10.1. The molecule has 0 unspecified atom stereocenters. The van der Waals surface area contributed by atoms with E-state index in [0.29, 0.717) is 12.2 Å². The molecule has 0 atom stereocenters. The third-order valence-corrected chi connectivity index (χ3v) is 5.29. The standard InChI is InChI=1S/C25H17BrFN3O/c26-21-4-2-6-23(14-21)29-25(31)20(15-28)12-17-7-8-24-19(11-17)9-10-30(24)16-18-3-1-5-22(27)13-18/h1-14H,16H2,(H,29,31)/b20-12+. The summed E-state index contributed by atoms with van der Waals surface area (Å²) in [4.78, 5) is 12.5. The van der Waals surface area contributed by atoms with Crippen LogP contribution in [-0.4, -0.2) is 10.5 Å². The molecule has 4 nitrogen and oxygen atoms in total. The van der Waals surface area contributed by atoms with Crippen LogP contribution in [0, 0.1) is 17.1 Å². The molecule has 1 amide bonds. The lowest BCUT2D eigenvalue weighted by molar-refractivity contribution is -0.112. The average Bonchev–Trinajstić information content (AvgIpc) is 3.14. The summed E-state index contributed by atoms with van der Waals surface area (Å²) in [6.07, 6.45) is 3.50. The van der Waals surface area contributed by atoms with E-state index in [4.69, 9.17) is 0 Å². The zero-order chi connectivity index (χ0) is 21.8. The largest absolute Gasteiger partial charge is 0.343 e. The van der Waals surface area contributed by atoms with Gasteiger partial charge in [-0.3, -0.25) is 4.79 Å². The molecule has 0 fully saturated rings. The Morgan fingerprint density at radius 1 is 1.10 bits per heavy atom. The molecule has 0 aliphatic heterocycles. The number of rotatable bonds is 5. The van der Waals surface area contributed by atoms with Gasteiger partial charge in [-0.05, 0) is 65.7 Å². The van der Waals surface area contributed by atoms with E-state index in [2.05, 4.69) is 21.2 Å². The Labute approximate surface area is 187 Å². The first kappa shape index (κ1) is 20.6. The van der Waals surface area contributed by atoms with Crippen molar-refractivity contribution < 1.29 is 9.18 Å². The van der Waals surface area contributed by atoms with Gasteiger partial charge in [-0.2, -0.15) is 5.26 Å². The fourth-order valence-electron chi connectivity index (χ4n) is 3.36. The zero-order valence-corrected chi connectivity index (χ0v) is 17.9. The van der Waals surface area contributed by atoms with Crippen LogP contribution in [0.3, 0.4) is 0 Å². The number of benzene rings is 3. The van der Waals surface area contributed by atoms with Gasteiger partial charge in [0.2, 0.25) is 0 Å². The van der Waals surface area contributed by atoms with Gasteiger partial charge in [0.05, 0.1) is 0 Å². The highest BCUT2D eigenvalue weighted by molar-refractivity contribution is 9.10. The summed E-state index contributed by atoms with van der Waals surface area (Å²) in [5.74, 6) is -0.726. The van der Waals surface area contributed by atoms with Crippen LogP contribution in [0.15, 0.2) is 89.0 Å². The third kappa shape index (κ3) is 4.90. The summed E-state index contributed by atoms with van der Waals surface area (Å²) in [7, 11) is 0. The highest BCUT2D eigenvalue weighted by Gasteiger charge is 2.10. The highest BCUT2D eigenvalue weighted by atomic mass is 79.9. The van der Waals surface area contributed by atoms with Crippen LogP contribution in [-0.2, 0) is 11.3 Å². The Hall–Kier alpha value is -3.69. The number of carbonyl (C=O) groups excluding carboxylic acids is 1. The molecular formula is C25H17BrFN3O. The summed E-state index contributed by atoms with van der Waals surface area (Å²) in [6, 6.07) is 23.3. The fourth-order valence-corrected chi connectivity index (χ4v) is 3.76. The minimum Gasteiger partial charge on any atom is -0.343 e. The number of nitrogens with one attached hydrogen (secondary N) is 1. The molecule has 0 spiro atoms. The van der Waals surface area contributed by atoms with Crippen molar-refractivity contribution in [2.45, 2.75) is 6.54 Å². The van der Waals surface area contributed by atoms with Crippen molar-refractivity contribution in [1.29, 1.82) is 5.26 Å². The van der Waals surface area contributed by atoms with Crippen LogP contribution in [0.2, 0.25) is 0 Å². The van der Waals surface area contributed by atoms with Crippen molar-refractivity contribution >= 4 is 44.5 Å². The molecule has 31 heavy (non-hydrogen) atoms. The highest BCUT2D eigenvalue weighted by Crippen LogP contribution is 2.22. The Bertz CT molecular complexity index is 1350. The van der Waals surface area contributed by atoms with Gasteiger partial charge in [-0.1, -0.05) is 40.2 Å². The Morgan fingerprint density at radius 2 is 1.94 bits per heavy atom. The molecule has 0 aliphatic rings. The number of anilines is 1. The minimum absolute atomic E-state index is 0.0125. The predicted molar refractivity (Wildman–Crippen MR) is 124 cm³/mol. The second-order valence-electron chi connectivity index (χ2n) is 7.03. The molecule has 1 heterocycles. The van der Waals surface area contributed by atoms with Crippen molar-refractivity contribution in [3.63, 3.8) is 0 Å². The number of hydrogen-bond donors (Lipinski definition) is 1. The van der Waals surface area contributed by atoms with Crippen molar-refractivity contribution in [2.75, 3.05) is 5.32 Å². The number of fused-ring (bicyclic) bond motifs is 1. The lowest BCUT2D eigenvalue weighted by Crippen LogP contribution is -2.13. The molecule has 4 rings (SSSR count). The van der Waals surface area contributed by atoms with E-state index in [-0.39, 0.29) is 11.4 Å². The molecule has 0 saturated carbocycles. The lowest BCUT2D eigenvalue weighted by Gasteiger charge is -2.07. The summed E-state index contributed by atoms with van der Waals surface area (Å²) < 4.78 is 16.3. The van der Waals surface area contributed by atoms with Gasteiger partial charge >= 0.3 is 0 Å². The fraction of sp³-hybridized carbons (Fsp3) is 0.0400. The number of amides is 1. The quantitative estimate of drug-likeness (QED) is 0.279. The van der Waals surface area contributed by atoms with Gasteiger partial charge in [0.15, 0.2) is 0 Å². The van der Waals surface area contributed by atoms with E-state index < -0.39 is 5.91 Å². The van der Waals surface area contributed by atoms with E-state index in [9.17, 15) is 14.4 Å². The van der Waals surface area contributed by atoms with E-state index in [1.54, 1.807) is 30.3 Å². The Morgan fingerprint density at radius 3 is 2.71 bits per heavy atom. The SMILES string of the molecule is N#C/C(=C\c1ccc2c(ccn2Cc2cccc(F)c2)c1)C(=O)Nc1cccc(Br)c1. The monoisotopic (exact) mass is 473 g/mol. The maximum atomic E-state index is 13.5. The molecule has 0 radical (unpaired) electrons. The van der Waals surface area contributed by atoms with E-state index >= 15 is 0 Å². The molecule has 0 saturated heterocycles. The summed E-state index contributed by atoms with van der Waals surface area (Å²) in [6.45, 7) is 0.551. The molecule has 6 heteroatoms. The second-order valence-corrected chi connectivity index (χ2v) is 7.94. The Balaban J connectivity index is 1.56. The van der Waals surface area contributed by atoms with Crippen molar-refractivity contribution in [2.24, 2.45) is 0 Å². The van der Waals surface area contributed by atoms with Crippen LogP contribution >= 0.6 is 15.9 Å². The van der Waals surface area contributed by atoms with Gasteiger partial charge in [-0.15, -0.1) is 0 Å². The molecule has 152 valence electrons. The van der Waals surface area contributed by atoms with Gasteiger partial charge in [-0.25, -0.2) is 4.39 Å². The summed E-state index contributed by atoms with van der Waals surface area (Å²) in [5.41, 5.74) is 3.22. The van der Waals surface area contributed by atoms with Crippen LogP contribution in [0.1, 0.15) is 11.1 Å². The maximum Gasteiger partial charge on any atom is 0.266 e. The third-order valence-electron chi connectivity index (χ3n) is 4.80. The Kier molecular flexibility index (Phi) is 5.96. The molecule has 0 aliphatic carbocycles. The summed E-state index contributed by atoms with van der Waals surface area (Å²) in [5, 5.41) is 13.2. The second kappa shape index (κ2) is 8.99. The van der Waals surface area contributed by atoms with Crippen LogP contribution < -0.4 is 5.32 Å². The number of nitriles is 1. The van der Waals surface area contributed by atoms with Crippen molar-refractivity contribution in [3.05, 3.63) is 106 Å². The van der Waals surface area contributed by atoms with E-state index in [0.717, 1.165) is 26.5 Å². The number of aromatic nitrogens is 1.